The Kier molecular flexibility index (Phi) is 0.765. The van der Waals surface area contributed by atoms with E-state index in [0.717, 1.165) is 6.42 Å². The summed E-state index contributed by atoms with van der Waals surface area (Å²) in [5.74, 6) is 0.250. The molecule has 0 aromatic heterocycles. The van der Waals surface area contributed by atoms with E-state index < -0.39 is 0 Å². The van der Waals surface area contributed by atoms with Crippen LogP contribution in [0.15, 0.2) is 0 Å². The number of amides is 1. The highest BCUT2D eigenvalue weighted by molar-refractivity contribution is 5.80. The summed E-state index contributed by atoms with van der Waals surface area (Å²) in [4.78, 5) is 10.8. The van der Waals surface area contributed by atoms with Crippen LogP contribution < -0.4 is 5.32 Å². The zero-order chi connectivity index (χ0) is 6.48. The highest BCUT2D eigenvalue weighted by Gasteiger charge is 2.53. The van der Waals surface area contributed by atoms with Crippen LogP contribution in [-0.2, 0) is 4.79 Å². The van der Waals surface area contributed by atoms with E-state index in [-0.39, 0.29) is 5.91 Å². The van der Waals surface area contributed by atoms with E-state index in [4.69, 9.17) is 0 Å². The molecule has 9 heavy (non-hydrogen) atoms. The summed E-state index contributed by atoms with van der Waals surface area (Å²) >= 11 is 0. The minimum absolute atomic E-state index is 0.250. The third-order valence-electron chi connectivity index (χ3n) is 2.70. The van der Waals surface area contributed by atoms with Crippen molar-refractivity contribution >= 4 is 5.91 Å². The number of nitrogens with one attached hydrogen (secondary N) is 1. The van der Waals surface area contributed by atoms with E-state index in [2.05, 4.69) is 12.2 Å². The van der Waals surface area contributed by atoms with Gasteiger partial charge in [-0.2, -0.15) is 0 Å². The van der Waals surface area contributed by atoms with Gasteiger partial charge in [0.05, 0.1) is 0 Å². The molecule has 2 nitrogen and oxygen atoms in total. The van der Waals surface area contributed by atoms with Crippen molar-refractivity contribution in [2.75, 3.05) is 0 Å². The predicted molar refractivity (Wildman–Crippen MR) is 33.9 cm³/mol. The third kappa shape index (κ3) is 0.590. The van der Waals surface area contributed by atoms with Crippen molar-refractivity contribution in [3.05, 3.63) is 0 Å². The Hall–Kier alpha value is -0.530. The van der Waals surface area contributed by atoms with Crippen LogP contribution in [0.4, 0.5) is 0 Å². The van der Waals surface area contributed by atoms with Crippen LogP contribution in [0.25, 0.3) is 0 Å². The van der Waals surface area contributed by atoms with Gasteiger partial charge in [0.2, 0.25) is 5.91 Å². The molecule has 0 bridgehead atoms. The van der Waals surface area contributed by atoms with Crippen molar-refractivity contribution in [1.82, 2.24) is 5.32 Å². The van der Waals surface area contributed by atoms with Gasteiger partial charge in [-0.25, -0.2) is 0 Å². The number of rotatable bonds is 0. The normalized spacial score (nSPS) is 37.0. The average Bonchev–Trinajstić information content (AvgIpc) is 2.42. The van der Waals surface area contributed by atoms with Gasteiger partial charge in [-0.1, -0.05) is 0 Å². The second-order valence-corrected chi connectivity index (χ2v) is 3.33. The molecule has 1 aliphatic heterocycles. The number of carbonyl (C=O) groups is 1. The molecular weight excluding hydrogens is 114 g/mol. The topological polar surface area (TPSA) is 29.1 Å². The summed E-state index contributed by atoms with van der Waals surface area (Å²) in [6.07, 6.45) is 3.30. The van der Waals surface area contributed by atoms with Crippen LogP contribution in [0, 0.1) is 5.41 Å². The first-order chi connectivity index (χ1) is 4.23. The molecular formula is C7H11NO. The summed E-state index contributed by atoms with van der Waals surface area (Å²) in [7, 11) is 0. The summed E-state index contributed by atoms with van der Waals surface area (Å²) in [6.45, 7) is 2.11. The Bertz CT molecular complexity index is 160. The molecule has 1 amide bonds. The molecule has 1 spiro atoms. The Balaban J connectivity index is 2.19. The Morgan fingerprint density at radius 1 is 1.67 bits per heavy atom. The number of carbonyl (C=O) groups excluding carboxylic acids is 1. The molecule has 0 radical (unpaired) electrons. The lowest BCUT2D eigenvalue weighted by molar-refractivity contribution is -0.119. The Morgan fingerprint density at radius 2 is 2.33 bits per heavy atom. The van der Waals surface area contributed by atoms with E-state index in [1.165, 1.54) is 12.8 Å². The zero-order valence-electron chi connectivity index (χ0n) is 5.61. The van der Waals surface area contributed by atoms with Gasteiger partial charge in [0.15, 0.2) is 0 Å². The van der Waals surface area contributed by atoms with E-state index in [1.54, 1.807) is 0 Å². The van der Waals surface area contributed by atoms with Crippen molar-refractivity contribution < 1.29 is 4.79 Å². The predicted octanol–water partition coefficient (Wildman–Crippen LogP) is 0.675. The maximum Gasteiger partial charge on any atom is 0.220 e. The molecule has 1 saturated carbocycles. The highest BCUT2D eigenvalue weighted by atomic mass is 16.2. The van der Waals surface area contributed by atoms with E-state index >= 15 is 0 Å². The molecule has 1 N–H and O–H groups in total. The first kappa shape index (κ1) is 5.27. The molecule has 1 atom stereocenters. The third-order valence-corrected chi connectivity index (χ3v) is 2.70. The van der Waals surface area contributed by atoms with Crippen molar-refractivity contribution in [2.24, 2.45) is 5.41 Å². The second kappa shape index (κ2) is 1.31. The summed E-state index contributed by atoms with van der Waals surface area (Å²) < 4.78 is 0. The van der Waals surface area contributed by atoms with Gasteiger partial charge in [0.1, 0.15) is 0 Å². The minimum Gasteiger partial charge on any atom is -0.353 e. The molecule has 50 valence electrons. The van der Waals surface area contributed by atoms with E-state index in [9.17, 15) is 4.79 Å². The van der Waals surface area contributed by atoms with Crippen molar-refractivity contribution in [1.29, 1.82) is 0 Å². The molecule has 1 heterocycles. The van der Waals surface area contributed by atoms with Gasteiger partial charge in [-0.05, 0) is 25.2 Å². The van der Waals surface area contributed by atoms with Crippen molar-refractivity contribution in [2.45, 2.75) is 32.2 Å². The second-order valence-electron chi connectivity index (χ2n) is 3.33. The van der Waals surface area contributed by atoms with Gasteiger partial charge in [0.25, 0.3) is 0 Å². The number of hydrogen-bond acceptors (Lipinski definition) is 1. The average molecular weight is 125 g/mol. The molecule has 2 rings (SSSR count). The minimum atomic E-state index is 0.250. The van der Waals surface area contributed by atoms with Crippen LogP contribution in [-0.4, -0.2) is 11.9 Å². The Morgan fingerprint density at radius 3 is 2.56 bits per heavy atom. The smallest absolute Gasteiger partial charge is 0.220 e. The Labute approximate surface area is 54.6 Å². The number of hydrogen-bond donors (Lipinski definition) is 1. The fourth-order valence-corrected chi connectivity index (χ4v) is 1.69. The van der Waals surface area contributed by atoms with Gasteiger partial charge >= 0.3 is 0 Å². The summed E-state index contributed by atoms with van der Waals surface area (Å²) in [6, 6.07) is 0.449. The molecule has 1 saturated heterocycles. The summed E-state index contributed by atoms with van der Waals surface area (Å²) in [5, 5.41) is 2.93. The molecule has 0 aromatic rings. The molecule has 0 aromatic carbocycles. The van der Waals surface area contributed by atoms with Gasteiger partial charge in [-0.3, -0.25) is 4.79 Å². The first-order valence-corrected chi connectivity index (χ1v) is 3.52. The molecule has 1 unspecified atom stereocenters. The van der Waals surface area contributed by atoms with Crippen molar-refractivity contribution in [3.63, 3.8) is 0 Å². The van der Waals surface area contributed by atoms with Crippen LogP contribution in [0.3, 0.4) is 0 Å². The lowest BCUT2D eigenvalue weighted by Crippen LogP contribution is -2.25. The maximum absolute atomic E-state index is 10.8. The monoisotopic (exact) mass is 125 g/mol. The van der Waals surface area contributed by atoms with Gasteiger partial charge < -0.3 is 5.32 Å². The van der Waals surface area contributed by atoms with Crippen LogP contribution in [0.1, 0.15) is 26.2 Å². The fraction of sp³-hybridized carbons (Fsp3) is 0.857. The standard InChI is InChI=1S/C7H11NO/c1-5-7(2-3-7)4-6(9)8-5/h5H,2-4H2,1H3,(H,8,9). The van der Waals surface area contributed by atoms with Gasteiger partial charge in [-0.15, -0.1) is 0 Å². The van der Waals surface area contributed by atoms with Crippen molar-refractivity contribution in [3.8, 4) is 0 Å². The lowest BCUT2D eigenvalue weighted by atomic mass is 9.99. The van der Waals surface area contributed by atoms with Gasteiger partial charge in [0, 0.05) is 12.5 Å². The zero-order valence-corrected chi connectivity index (χ0v) is 5.61. The van der Waals surface area contributed by atoms with E-state index in [0.29, 0.717) is 11.5 Å². The van der Waals surface area contributed by atoms with Crippen LogP contribution >= 0.6 is 0 Å². The molecule has 1 aliphatic carbocycles. The maximum atomic E-state index is 10.8. The van der Waals surface area contributed by atoms with Crippen LogP contribution in [0.5, 0.6) is 0 Å². The molecule has 2 aliphatic rings. The first-order valence-electron chi connectivity index (χ1n) is 3.52. The van der Waals surface area contributed by atoms with E-state index in [1.807, 2.05) is 0 Å². The van der Waals surface area contributed by atoms with Crippen LogP contribution in [0.2, 0.25) is 0 Å². The summed E-state index contributed by atoms with van der Waals surface area (Å²) in [5.41, 5.74) is 0.414. The SMILES string of the molecule is CC1NC(=O)CC12CC2. The molecule has 2 fully saturated rings. The molecule has 2 heteroatoms. The fourth-order valence-electron chi connectivity index (χ4n) is 1.69. The largest absolute Gasteiger partial charge is 0.353 e. The lowest BCUT2D eigenvalue weighted by Gasteiger charge is -2.09. The quantitative estimate of drug-likeness (QED) is 0.506. The highest BCUT2D eigenvalue weighted by Crippen LogP contribution is 2.54.